The molecule has 14 nitrogen and oxygen atoms in total. The Labute approximate surface area is 350 Å². The third kappa shape index (κ3) is 10.4. The van der Waals surface area contributed by atoms with Crippen molar-refractivity contribution in [2.45, 2.75) is 70.0 Å². The topological polar surface area (TPSA) is 167 Å². The summed E-state index contributed by atoms with van der Waals surface area (Å²) in [5.74, 6) is 1.26. The van der Waals surface area contributed by atoms with Gasteiger partial charge >= 0.3 is 0 Å². The minimum absolute atomic E-state index is 0.178. The van der Waals surface area contributed by atoms with Gasteiger partial charge in [0.05, 0.1) is 31.3 Å². The average Bonchev–Trinajstić information content (AvgIpc) is 3.55. The summed E-state index contributed by atoms with van der Waals surface area (Å²) < 4.78 is 24.7. The van der Waals surface area contributed by atoms with Gasteiger partial charge in [-0.25, -0.2) is 4.98 Å². The van der Waals surface area contributed by atoms with Crippen molar-refractivity contribution < 1.29 is 28.4 Å². The lowest BCUT2D eigenvalue weighted by Crippen LogP contribution is -2.52. The van der Waals surface area contributed by atoms with E-state index in [0.717, 1.165) is 86.2 Å². The minimum atomic E-state index is -2.54. The number of carbonyl (C=O) groups excluding carboxylic acids is 3. The van der Waals surface area contributed by atoms with Gasteiger partial charge < -0.3 is 39.8 Å². The third-order valence-electron chi connectivity index (χ3n) is 11.0. The number of unbranched alkanes of at least 4 members (excludes halogenated alkanes) is 3. The van der Waals surface area contributed by atoms with Gasteiger partial charge in [0.2, 0.25) is 17.8 Å². The van der Waals surface area contributed by atoms with Gasteiger partial charge in [-0.05, 0) is 100 Å². The Morgan fingerprint density at radius 2 is 1.73 bits per heavy atom. The second kappa shape index (κ2) is 18.8. The number of piperidine rings is 2. The molecule has 4 heterocycles. The molecule has 3 amide bonds. The number of anilines is 5. The molecule has 4 N–H and O–H groups in total. The first-order valence-electron chi connectivity index (χ1n) is 20.2. The van der Waals surface area contributed by atoms with Crippen molar-refractivity contribution in [3.63, 3.8) is 0 Å². The summed E-state index contributed by atoms with van der Waals surface area (Å²) in [6, 6.07) is 18.9. The lowest BCUT2D eigenvalue weighted by Gasteiger charge is -2.34. The Morgan fingerprint density at radius 1 is 0.932 bits per heavy atom. The maximum Gasteiger partial charge on any atom is 0.255 e. The van der Waals surface area contributed by atoms with Crippen LogP contribution in [0.15, 0.2) is 66.9 Å². The molecule has 7 rings (SSSR count). The fourth-order valence-electron chi connectivity index (χ4n) is 7.85. The van der Waals surface area contributed by atoms with Crippen LogP contribution in [0.5, 0.6) is 11.5 Å². The summed E-state index contributed by atoms with van der Waals surface area (Å²) in [7, 11) is -0.897. The molecule has 2 fully saturated rings. The summed E-state index contributed by atoms with van der Waals surface area (Å²) >= 11 is 6.46. The normalized spacial score (nSPS) is 17.2. The minimum Gasteiger partial charge on any atom is -0.494 e. The Hall–Kier alpha value is -5.17. The highest BCUT2D eigenvalue weighted by atomic mass is 35.5. The number of amides is 3. The SMILES string of the molecule is COc1cc(N2CCC(NCCCCCCOc3ccc4c(c3)CN(C3CCC(=O)NC3=O)C4=O)CC2)ccc1Nc1ncc(Cl)c(Nc2ccccc2P(C)(C)=O)n1. The summed E-state index contributed by atoms with van der Waals surface area (Å²) in [5, 5.41) is 13.7. The zero-order valence-corrected chi connectivity index (χ0v) is 35.4. The lowest BCUT2D eigenvalue weighted by atomic mass is 10.0. The number of imide groups is 1. The number of aromatic nitrogens is 2. The fourth-order valence-corrected chi connectivity index (χ4v) is 9.14. The van der Waals surface area contributed by atoms with Crippen LogP contribution in [-0.4, -0.2) is 91.4 Å². The first-order valence-corrected chi connectivity index (χ1v) is 23.2. The molecular weight excluding hydrogens is 791 g/mol. The van der Waals surface area contributed by atoms with Gasteiger partial charge in [0, 0.05) is 54.7 Å². The molecule has 2 saturated heterocycles. The van der Waals surface area contributed by atoms with Crippen LogP contribution in [0.1, 0.15) is 67.3 Å². The van der Waals surface area contributed by atoms with Crippen molar-refractivity contribution in [1.29, 1.82) is 0 Å². The molecule has 3 aliphatic heterocycles. The van der Waals surface area contributed by atoms with E-state index in [-0.39, 0.29) is 18.2 Å². The maximum absolute atomic E-state index is 12.9. The molecule has 3 aliphatic rings. The number of benzene rings is 3. The standard InChI is InChI=1S/C43H52ClN8O6P/c1-57-37-25-30(12-15-34(37)48-43-46-26-33(44)40(50-43)47-35-10-6-7-11-38(35)59(2,3)56)51-21-18-29(19-22-51)45-20-8-4-5-9-23-58-31-13-14-32-28(24-31)27-52(42(32)55)36-16-17-39(53)49-41(36)54/h6-7,10-15,24-26,29,36,45H,4-5,8-9,16-23,27H2,1-3H3,(H,49,53,54)(H2,46,47,48,50). The monoisotopic (exact) mass is 842 g/mol. The van der Waals surface area contributed by atoms with Gasteiger partial charge in [0.25, 0.3) is 5.91 Å². The Kier molecular flexibility index (Phi) is 13.4. The number of nitrogens with zero attached hydrogens (tertiary/aromatic N) is 4. The number of hydrogen-bond donors (Lipinski definition) is 4. The van der Waals surface area contributed by atoms with E-state index in [1.54, 1.807) is 31.4 Å². The number of fused-ring (bicyclic) bond motifs is 1. The quantitative estimate of drug-likeness (QED) is 0.0498. The largest absolute Gasteiger partial charge is 0.494 e. The number of para-hydroxylation sites is 1. The fraction of sp³-hybridized carbons (Fsp3) is 0.419. The van der Waals surface area contributed by atoms with E-state index in [4.69, 9.17) is 21.1 Å². The van der Waals surface area contributed by atoms with Crippen LogP contribution in [0.4, 0.5) is 28.8 Å². The van der Waals surface area contributed by atoms with Crippen LogP contribution in [0.25, 0.3) is 0 Å². The van der Waals surface area contributed by atoms with E-state index in [0.29, 0.717) is 59.4 Å². The van der Waals surface area contributed by atoms with Crippen LogP contribution in [0.3, 0.4) is 0 Å². The number of rotatable bonds is 17. The van der Waals surface area contributed by atoms with Crippen molar-refractivity contribution in [1.82, 2.24) is 25.5 Å². The number of nitrogens with one attached hydrogen (secondary N) is 4. The van der Waals surface area contributed by atoms with E-state index in [1.807, 2.05) is 48.5 Å². The summed E-state index contributed by atoms with van der Waals surface area (Å²) in [4.78, 5) is 49.7. The predicted octanol–water partition coefficient (Wildman–Crippen LogP) is 6.83. The zero-order valence-electron chi connectivity index (χ0n) is 33.8. The van der Waals surface area contributed by atoms with Crippen LogP contribution in [-0.2, 0) is 20.7 Å². The molecule has 0 saturated carbocycles. The van der Waals surface area contributed by atoms with E-state index in [1.165, 1.54) is 6.20 Å². The summed E-state index contributed by atoms with van der Waals surface area (Å²) in [6.45, 7) is 7.27. The van der Waals surface area contributed by atoms with Crippen molar-refractivity contribution >= 4 is 70.6 Å². The molecule has 0 bridgehead atoms. The number of carbonyl (C=O) groups is 3. The molecule has 0 aliphatic carbocycles. The van der Waals surface area contributed by atoms with Crippen LogP contribution in [0, 0.1) is 0 Å². The molecular formula is C43H52ClN8O6P. The van der Waals surface area contributed by atoms with Crippen LogP contribution in [0.2, 0.25) is 5.02 Å². The number of methoxy groups -OCH3 is 1. The lowest BCUT2D eigenvalue weighted by molar-refractivity contribution is -0.136. The van der Waals surface area contributed by atoms with Crippen LogP contribution >= 0.6 is 18.7 Å². The highest BCUT2D eigenvalue weighted by Gasteiger charge is 2.39. The van der Waals surface area contributed by atoms with E-state index in [2.05, 4.69) is 42.2 Å². The third-order valence-corrected chi connectivity index (χ3v) is 12.9. The Morgan fingerprint density at radius 3 is 2.51 bits per heavy atom. The molecule has 1 unspecified atom stereocenters. The van der Waals surface area contributed by atoms with Gasteiger partial charge in [-0.1, -0.05) is 36.6 Å². The van der Waals surface area contributed by atoms with Gasteiger partial charge in [-0.2, -0.15) is 4.98 Å². The van der Waals surface area contributed by atoms with Crippen molar-refractivity contribution in [3.8, 4) is 11.5 Å². The van der Waals surface area contributed by atoms with Crippen molar-refractivity contribution in [2.75, 3.05) is 62.2 Å². The predicted molar refractivity (Wildman–Crippen MR) is 232 cm³/mol. The molecule has 16 heteroatoms. The van der Waals surface area contributed by atoms with Crippen LogP contribution < -0.4 is 40.9 Å². The van der Waals surface area contributed by atoms with Gasteiger partial charge in [-0.15, -0.1) is 0 Å². The molecule has 1 atom stereocenters. The van der Waals surface area contributed by atoms with Crippen molar-refractivity contribution in [3.05, 3.63) is 83.0 Å². The first kappa shape index (κ1) is 42.0. The Balaban J connectivity index is 0.802. The number of ether oxygens (including phenoxy) is 2. The molecule has 0 radical (unpaired) electrons. The maximum atomic E-state index is 12.9. The average molecular weight is 843 g/mol. The first-order chi connectivity index (χ1) is 28.5. The highest BCUT2D eigenvalue weighted by molar-refractivity contribution is 7.70. The van der Waals surface area contributed by atoms with Gasteiger partial charge in [0.1, 0.15) is 29.7 Å². The molecule has 4 aromatic rings. The molecule has 59 heavy (non-hydrogen) atoms. The van der Waals surface area contributed by atoms with Crippen molar-refractivity contribution in [2.24, 2.45) is 0 Å². The summed E-state index contributed by atoms with van der Waals surface area (Å²) in [6.07, 6.45) is 8.44. The van der Waals surface area contributed by atoms with E-state index in [9.17, 15) is 18.9 Å². The van der Waals surface area contributed by atoms with Gasteiger partial charge in [0.15, 0.2) is 5.82 Å². The Bertz CT molecular complexity index is 2230. The van der Waals surface area contributed by atoms with E-state index >= 15 is 0 Å². The smallest absolute Gasteiger partial charge is 0.255 e. The number of hydrogen-bond acceptors (Lipinski definition) is 12. The van der Waals surface area contributed by atoms with Gasteiger partial charge in [-0.3, -0.25) is 19.7 Å². The van der Waals surface area contributed by atoms with E-state index < -0.39 is 19.1 Å². The molecule has 1 aromatic heterocycles. The summed E-state index contributed by atoms with van der Waals surface area (Å²) in [5.41, 5.74) is 3.94. The molecule has 312 valence electrons. The number of halogens is 1. The second-order valence-corrected chi connectivity index (χ2v) is 19.2. The highest BCUT2D eigenvalue weighted by Crippen LogP contribution is 2.39. The zero-order chi connectivity index (χ0) is 41.5. The molecule has 3 aromatic carbocycles. The molecule has 0 spiro atoms. The second-order valence-electron chi connectivity index (χ2n) is 15.6.